The molecule has 0 radical (unpaired) electrons. The van der Waals surface area contributed by atoms with Gasteiger partial charge in [0.1, 0.15) is 4.99 Å². The molecular weight excluding hydrogens is 315 g/mol. The molecule has 6 heteroatoms. The lowest BCUT2D eigenvalue weighted by Gasteiger charge is -2.07. The van der Waals surface area contributed by atoms with E-state index in [0.717, 1.165) is 5.56 Å². The summed E-state index contributed by atoms with van der Waals surface area (Å²) in [5.74, 6) is -0.310. The van der Waals surface area contributed by atoms with Crippen LogP contribution in [0.4, 0.5) is 5.69 Å². The first-order chi connectivity index (χ1) is 9.47. The lowest BCUT2D eigenvalue weighted by molar-refractivity contribution is 0.102. The van der Waals surface area contributed by atoms with E-state index in [-0.39, 0.29) is 5.91 Å². The van der Waals surface area contributed by atoms with Gasteiger partial charge in [-0.05, 0) is 42.5 Å². The number of hydrogen-bond acceptors (Lipinski definition) is 2. The molecule has 0 aliphatic rings. The van der Waals surface area contributed by atoms with Crippen LogP contribution >= 0.6 is 35.4 Å². The molecule has 0 spiro atoms. The van der Waals surface area contributed by atoms with Gasteiger partial charge in [0, 0.05) is 16.3 Å². The minimum absolute atomic E-state index is 0.301. The molecule has 0 fully saturated rings. The van der Waals surface area contributed by atoms with Crippen LogP contribution in [0.1, 0.15) is 15.9 Å². The van der Waals surface area contributed by atoms with Crippen molar-refractivity contribution in [1.82, 2.24) is 0 Å². The first-order valence-corrected chi connectivity index (χ1v) is 6.80. The Morgan fingerprint density at radius 2 is 1.75 bits per heavy atom. The SMILES string of the molecule is NC(=S)c1ccc(NC(=O)c2ccc(Cl)cc2Cl)cc1. The third-order valence-corrected chi connectivity index (χ3v) is 3.39. The number of thiocarbonyl (C=S) groups is 1. The van der Waals surface area contributed by atoms with E-state index < -0.39 is 0 Å². The third-order valence-electron chi connectivity index (χ3n) is 2.60. The van der Waals surface area contributed by atoms with Crippen LogP contribution in [-0.2, 0) is 0 Å². The standard InChI is InChI=1S/C14H10Cl2N2OS/c15-9-3-6-11(12(16)7-9)14(19)18-10-4-1-8(2-5-10)13(17)20/h1-7H,(H2,17,20)(H,18,19). The zero-order chi connectivity index (χ0) is 14.7. The van der Waals surface area contributed by atoms with Gasteiger partial charge in [-0.15, -0.1) is 0 Å². The van der Waals surface area contributed by atoms with Crippen LogP contribution in [0.2, 0.25) is 10.0 Å². The maximum Gasteiger partial charge on any atom is 0.257 e. The minimum Gasteiger partial charge on any atom is -0.389 e. The number of nitrogens with two attached hydrogens (primary N) is 1. The summed E-state index contributed by atoms with van der Waals surface area (Å²) >= 11 is 16.6. The van der Waals surface area contributed by atoms with E-state index in [1.807, 2.05) is 0 Å². The monoisotopic (exact) mass is 324 g/mol. The summed E-state index contributed by atoms with van der Waals surface area (Å²) in [4.78, 5) is 12.4. The van der Waals surface area contributed by atoms with E-state index in [1.165, 1.54) is 6.07 Å². The molecule has 0 aromatic heterocycles. The van der Waals surface area contributed by atoms with E-state index in [0.29, 0.717) is 26.3 Å². The molecule has 102 valence electrons. The normalized spacial score (nSPS) is 10.1. The lowest BCUT2D eigenvalue weighted by atomic mass is 10.2. The topological polar surface area (TPSA) is 55.1 Å². The Labute approximate surface area is 131 Å². The molecule has 2 aromatic carbocycles. The average molecular weight is 325 g/mol. The Morgan fingerprint density at radius 1 is 1.10 bits per heavy atom. The Kier molecular flexibility index (Phi) is 4.60. The van der Waals surface area contributed by atoms with Crippen molar-refractivity contribution < 1.29 is 4.79 Å². The number of carbonyl (C=O) groups excluding carboxylic acids is 1. The number of nitrogens with one attached hydrogen (secondary N) is 1. The average Bonchev–Trinajstić information content (AvgIpc) is 2.39. The van der Waals surface area contributed by atoms with Gasteiger partial charge >= 0.3 is 0 Å². The van der Waals surface area contributed by atoms with Crippen LogP contribution in [0.3, 0.4) is 0 Å². The van der Waals surface area contributed by atoms with Gasteiger partial charge in [0.2, 0.25) is 0 Å². The number of carbonyl (C=O) groups is 1. The van der Waals surface area contributed by atoms with Gasteiger partial charge in [-0.3, -0.25) is 4.79 Å². The summed E-state index contributed by atoms with van der Waals surface area (Å²) in [5.41, 5.74) is 7.22. The predicted octanol–water partition coefficient (Wildman–Crippen LogP) is 3.88. The molecular formula is C14H10Cl2N2OS. The van der Waals surface area contributed by atoms with Crippen molar-refractivity contribution in [3.05, 3.63) is 63.6 Å². The molecule has 0 saturated carbocycles. The minimum atomic E-state index is -0.310. The molecule has 0 atom stereocenters. The Balaban J connectivity index is 2.17. The molecule has 0 heterocycles. The Bertz CT molecular complexity index is 671. The van der Waals surface area contributed by atoms with Gasteiger partial charge in [0.15, 0.2) is 0 Å². The molecule has 0 aliphatic heterocycles. The van der Waals surface area contributed by atoms with Crippen LogP contribution in [0.5, 0.6) is 0 Å². The van der Waals surface area contributed by atoms with Crippen molar-refractivity contribution in [1.29, 1.82) is 0 Å². The van der Waals surface area contributed by atoms with Crippen molar-refractivity contribution >= 4 is 52.0 Å². The second-order valence-electron chi connectivity index (χ2n) is 4.02. The van der Waals surface area contributed by atoms with Crippen molar-refractivity contribution in [3.63, 3.8) is 0 Å². The number of amides is 1. The zero-order valence-electron chi connectivity index (χ0n) is 10.2. The second kappa shape index (κ2) is 6.22. The first-order valence-electron chi connectivity index (χ1n) is 5.63. The summed E-state index contributed by atoms with van der Waals surface area (Å²) in [6.45, 7) is 0. The molecule has 20 heavy (non-hydrogen) atoms. The molecule has 3 N–H and O–H groups in total. The molecule has 0 unspecified atom stereocenters. The van der Waals surface area contributed by atoms with Crippen LogP contribution in [-0.4, -0.2) is 10.9 Å². The highest BCUT2D eigenvalue weighted by atomic mass is 35.5. The molecule has 0 aliphatic carbocycles. The van der Waals surface area contributed by atoms with E-state index in [1.54, 1.807) is 36.4 Å². The summed E-state index contributed by atoms with van der Waals surface area (Å²) in [7, 11) is 0. The van der Waals surface area contributed by atoms with Crippen LogP contribution in [0.25, 0.3) is 0 Å². The van der Waals surface area contributed by atoms with Gasteiger partial charge in [-0.25, -0.2) is 0 Å². The van der Waals surface area contributed by atoms with Gasteiger partial charge in [-0.2, -0.15) is 0 Å². The molecule has 2 aromatic rings. The maximum atomic E-state index is 12.1. The van der Waals surface area contributed by atoms with Crippen LogP contribution in [0.15, 0.2) is 42.5 Å². The fraction of sp³-hybridized carbons (Fsp3) is 0. The van der Waals surface area contributed by atoms with E-state index in [2.05, 4.69) is 5.32 Å². The number of halogens is 2. The van der Waals surface area contributed by atoms with Gasteiger partial charge < -0.3 is 11.1 Å². The zero-order valence-corrected chi connectivity index (χ0v) is 12.5. The van der Waals surface area contributed by atoms with E-state index in [9.17, 15) is 4.79 Å². The fourth-order valence-corrected chi connectivity index (χ4v) is 2.22. The van der Waals surface area contributed by atoms with E-state index in [4.69, 9.17) is 41.2 Å². The quantitative estimate of drug-likeness (QED) is 0.842. The van der Waals surface area contributed by atoms with Crippen LogP contribution < -0.4 is 11.1 Å². The fourth-order valence-electron chi connectivity index (χ4n) is 1.59. The van der Waals surface area contributed by atoms with Gasteiger partial charge in [-0.1, -0.05) is 35.4 Å². The Morgan fingerprint density at radius 3 is 2.30 bits per heavy atom. The second-order valence-corrected chi connectivity index (χ2v) is 5.30. The van der Waals surface area contributed by atoms with Gasteiger partial charge in [0.05, 0.1) is 10.6 Å². The molecule has 0 saturated heterocycles. The molecule has 2 rings (SSSR count). The summed E-state index contributed by atoms with van der Waals surface area (Å²) in [6, 6.07) is 11.6. The number of benzene rings is 2. The summed E-state index contributed by atoms with van der Waals surface area (Å²) < 4.78 is 0. The van der Waals surface area contributed by atoms with E-state index >= 15 is 0 Å². The summed E-state index contributed by atoms with van der Waals surface area (Å²) in [5, 5.41) is 3.51. The molecule has 3 nitrogen and oxygen atoms in total. The highest BCUT2D eigenvalue weighted by molar-refractivity contribution is 7.80. The molecule has 1 amide bonds. The van der Waals surface area contributed by atoms with Crippen molar-refractivity contribution in [2.24, 2.45) is 5.73 Å². The highest BCUT2D eigenvalue weighted by Crippen LogP contribution is 2.22. The predicted molar refractivity (Wildman–Crippen MR) is 86.7 cm³/mol. The van der Waals surface area contributed by atoms with Crippen molar-refractivity contribution in [2.75, 3.05) is 5.32 Å². The first kappa shape index (κ1) is 14.8. The smallest absolute Gasteiger partial charge is 0.257 e. The third kappa shape index (κ3) is 3.48. The molecule has 0 bridgehead atoms. The maximum absolute atomic E-state index is 12.1. The Hall–Kier alpha value is -1.62. The summed E-state index contributed by atoms with van der Waals surface area (Å²) in [6.07, 6.45) is 0. The van der Waals surface area contributed by atoms with Gasteiger partial charge in [0.25, 0.3) is 5.91 Å². The van der Waals surface area contributed by atoms with Crippen molar-refractivity contribution in [3.8, 4) is 0 Å². The van der Waals surface area contributed by atoms with Crippen LogP contribution in [0, 0.1) is 0 Å². The largest absolute Gasteiger partial charge is 0.389 e. The number of rotatable bonds is 3. The number of anilines is 1. The number of hydrogen-bond donors (Lipinski definition) is 2. The van der Waals surface area contributed by atoms with Crippen molar-refractivity contribution in [2.45, 2.75) is 0 Å². The lowest BCUT2D eigenvalue weighted by Crippen LogP contribution is -2.13. The highest BCUT2D eigenvalue weighted by Gasteiger charge is 2.11.